The Kier molecular flexibility index (Phi) is 3.94. The largest absolute Gasteiger partial charge is 0.359 e. The lowest BCUT2D eigenvalue weighted by Crippen LogP contribution is -2.38. The van der Waals surface area contributed by atoms with E-state index in [4.69, 9.17) is 0 Å². The van der Waals surface area contributed by atoms with Crippen LogP contribution in [-0.4, -0.2) is 36.9 Å². The fraction of sp³-hybridized carbons (Fsp3) is 0.556. The zero-order chi connectivity index (χ0) is 15.7. The molecule has 1 aromatic rings. The molecule has 0 bridgehead atoms. The molecule has 1 aliphatic carbocycles. The van der Waals surface area contributed by atoms with Gasteiger partial charge in [0.25, 0.3) is 5.91 Å². The summed E-state index contributed by atoms with van der Waals surface area (Å²) in [6, 6.07) is 7.70. The summed E-state index contributed by atoms with van der Waals surface area (Å²) in [5, 5.41) is 2.79. The summed E-state index contributed by atoms with van der Waals surface area (Å²) in [4.78, 5) is 27.0. The predicted molar refractivity (Wildman–Crippen MR) is 85.5 cm³/mol. The normalized spacial score (nSPS) is 23.0. The zero-order valence-corrected chi connectivity index (χ0v) is 13.4. The third kappa shape index (κ3) is 2.51. The summed E-state index contributed by atoms with van der Waals surface area (Å²) in [6.07, 6.45) is 4.45. The maximum absolute atomic E-state index is 12.8. The molecule has 1 N–H and O–H groups in total. The average molecular weight is 300 g/mol. The van der Waals surface area contributed by atoms with Crippen molar-refractivity contribution >= 4 is 11.8 Å². The van der Waals surface area contributed by atoms with Gasteiger partial charge < -0.3 is 10.2 Å². The summed E-state index contributed by atoms with van der Waals surface area (Å²) in [5.74, 6) is 0.0802. The van der Waals surface area contributed by atoms with Gasteiger partial charge in [0.2, 0.25) is 5.91 Å². The van der Waals surface area contributed by atoms with Crippen LogP contribution in [0.1, 0.15) is 41.6 Å². The van der Waals surface area contributed by atoms with E-state index < -0.39 is 0 Å². The third-order valence-corrected chi connectivity index (χ3v) is 5.36. The lowest BCUT2D eigenvalue weighted by molar-refractivity contribution is -0.127. The first kappa shape index (κ1) is 15.1. The monoisotopic (exact) mass is 300 g/mol. The zero-order valence-electron chi connectivity index (χ0n) is 13.4. The summed E-state index contributed by atoms with van der Waals surface area (Å²) < 4.78 is 0. The van der Waals surface area contributed by atoms with Gasteiger partial charge in [-0.15, -0.1) is 0 Å². The van der Waals surface area contributed by atoms with Crippen molar-refractivity contribution in [2.75, 3.05) is 20.1 Å². The Hall–Kier alpha value is -1.84. The predicted octanol–water partition coefficient (Wildman–Crippen LogP) is 2.37. The van der Waals surface area contributed by atoms with Crippen LogP contribution in [-0.2, 0) is 4.79 Å². The van der Waals surface area contributed by atoms with Gasteiger partial charge in [0, 0.05) is 31.1 Å². The minimum absolute atomic E-state index is 0.000418. The van der Waals surface area contributed by atoms with Gasteiger partial charge in [-0.1, -0.05) is 30.5 Å². The molecule has 1 saturated carbocycles. The summed E-state index contributed by atoms with van der Waals surface area (Å²) in [6.45, 7) is 3.26. The molecule has 1 heterocycles. The van der Waals surface area contributed by atoms with Crippen LogP contribution in [0, 0.1) is 18.3 Å². The van der Waals surface area contributed by atoms with Crippen LogP contribution in [0.5, 0.6) is 0 Å². The second-order valence-corrected chi connectivity index (χ2v) is 6.79. The summed E-state index contributed by atoms with van der Waals surface area (Å²) in [7, 11) is 1.69. The van der Waals surface area contributed by atoms with Crippen molar-refractivity contribution in [2.45, 2.75) is 32.6 Å². The fourth-order valence-electron chi connectivity index (χ4n) is 4.21. The van der Waals surface area contributed by atoms with Crippen LogP contribution < -0.4 is 5.32 Å². The first-order valence-electron chi connectivity index (χ1n) is 8.13. The minimum Gasteiger partial charge on any atom is -0.359 e. The number of nitrogens with one attached hydrogen (secondary N) is 1. The van der Waals surface area contributed by atoms with Gasteiger partial charge in [0.05, 0.1) is 5.92 Å². The molecule has 1 aromatic carbocycles. The van der Waals surface area contributed by atoms with Gasteiger partial charge in [0.1, 0.15) is 0 Å². The number of hydrogen-bond donors (Lipinski definition) is 1. The van der Waals surface area contributed by atoms with E-state index in [1.54, 1.807) is 7.05 Å². The van der Waals surface area contributed by atoms with Crippen LogP contribution >= 0.6 is 0 Å². The molecule has 22 heavy (non-hydrogen) atoms. The number of nitrogens with zero attached hydrogens (tertiary/aromatic N) is 1. The van der Waals surface area contributed by atoms with E-state index in [2.05, 4.69) is 5.32 Å². The van der Waals surface area contributed by atoms with Crippen molar-refractivity contribution in [2.24, 2.45) is 11.3 Å². The number of carbonyl (C=O) groups is 2. The topological polar surface area (TPSA) is 49.4 Å². The third-order valence-electron chi connectivity index (χ3n) is 5.36. The Morgan fingerprint density at radius 3 is 2.64 bits per heavy atom. The number of likely N-dealkylation sites (tertiary alicyclic amines) is 1. The Labute approximate surface area is 131 Å². The molecule has 0 radical (unpaired) electrons. The molecule has 118 valence electrons. The molecular weight excluding hydrogens is 276 g/mol. The van der Waals surface area contributed by atoms with Crippen molar-refractivity contribution in [1.29, 1.82) is 0 Å². The van der Waals surface area contributed by atoms with Gasteiger partial charge in [-0.05, 0) is 31.9 Å². The quantitative estimate of drug-likeness (QED) is 0.911. The Bertz CT molecular complexity index is 591. The molecule has 1 saturated heterocycles. The molecule has 1 spiro atoms. The minimum atomic E-state index is -0.0613. The molecule has 0 aromatic heterocycles. The first-order valence-corrected chi connectivity index (χ1v) is 8.13. The van der Waals surface area contributed by atoms with Gasteiger partial charge in [0.15, 0.2) is 0 Å². The van der Waals surface area contributed by atoms with E-state index in [0.717, 1.165) is 30.5 Å². The maximum Gasteiger partial charge on any atom is 0.253 e. The molecule has 2 fully saturated rings. The van der Waals surface area contributed by atoms with Crippen molar-refractivity contribution in [1.82, 2.24) is 10.2 Å². The average Bonchev–Trinajstić information content (AvgIpc) is 3.14. The number of aryl methyl sites for hydroxylation is 1. The standard InChI is InChI=1S/C18H24N2O2/c1-13-6-5-7-14(10-13)17(22)20-11-15(16(21)19-2)18(12-20)8-3-4-9-18/h5-7,10,15H,3-4,8-9,11-12H2,1-2H3,(H,19,21). The first-order chi connectivity index (χ1) is 10.6. The van der Waals surface area contributed by atoms with Crippen LogP contribution in [0.25, 0.3) is 0 Å². The summed E-state index contributed by atoms with van der Waals surface area (Å²) in [5.41, 5.74) is 1.81. The van der Waals surface area contributed by atoms with E-state index in [1.165, 1.54) is 12.8 Å². The lowest BCUT2D eigenvalue weighted by Gasteiger charge is -2.28. The summed E-state index contributed by atoms with van der Waals surface area (Å²) >= 11 is 0. The van der Waals surface area contributed by atoms with E-state index in [0.29, 0.717) is 6.54 Å². The number of amides is 2. The number of benzene rings is 1. The Morgan fingerprint density at radius 2 is 2.00 bits per heavy atom. The highest BCUT2D eigenvalue weighted by Crippen LogP contribution is 2.49. The number of rotatable bonds is 2. The molecule has 4 heteroatoms. The van der Waals surface area contributed by atoms with Crippen LogP contribution in [0.4, 0.5) is 0 Å². The van der Waals surface area contributed by atoms with Gasteiger partial charge in [-0.25, -0.2) is 0 Å². The van der Waals surface area contributed by atoms with Crippen molar-refractivity contribution in [3.05, 3.63) is 35.4 Å². The van der Waals surface area contributed by atoms with Gasteiger partial charge in [-0.2, -0.15) is 0 Å². The molecule has 1 unspecified atom stereocenters. The van der Waals surface area contributed by atoms with Gasteiger partial charge >= 0.3 is 0 Å². The second-order valence-electron chi connectivity index (χ2n) is 6.79. The van der Waals surface area contributed by atoms with Crippen molar-refractivity contribution < 1.29 is 9.59 Å². The van der Waals surface area contributed by atoms with Crippen LogP contribution in [0.3, 0.4) is 0 Å². The maximum atomic E-state index is 12.8. The smallest absolute Gasteiger partial charge is 0.253 e. The molecule has 3 rings (SSSR count). The molecule has 2 aliphatic rings. The molecule has 1 atom stereocenters. The van der Waals surface area contributed by atoms with E-state index in [1.807, 2.05) is 36.1 Å². The van der Waals surface area contributed by atoms with Crippen LogP contribution in [0.15, 0.2) is 24.3 Å². The highest BCUT2D eigenvalue weighted by Gasteiger charge is 2.52. The Morgan fingerprint density at radius 1 is 1.27 bits per heavy atom. The highest BCUT2D eigenvalue weighted by atomic mass is 16.2. The molecule has 1 aliphatic heterocycles. The van der Waals surface area contributed by atoms with E-state index in [9.17, 15) is 9.59 Å². The number of hydrogen-bond acceptors (Lipinski definition) is 2. The molecular formula is C18H24N2O2. The van der Waals surface area contributed by atoms with Gasteiger partial charge in [-0.3, -0.25) is 9.59 Å². The fourth-order valence-corrected chi connectivity index (χ4v) is 4.21. The number of carbonyl (C=O) groups excluding carboxylic acids is 2. The van der Waals surface area contributed by atoms with E-state index >= 15 is 0 Å². The van der Waals surface area contributed by atoms with Crippen LogP contribution in [0.2, 0.25) is 0 Å². The molecule has 2 amide bonds. The second kappa shape index (κ2) is 5.75. The van der Waals surface area contributed by atoms with Crippen molar-refractivity contribution in [3.8, 4) is 0 Å². The van der Waals surface area contributed by atoms with E-state index in [-0.39, 0.29) is 23.1 Å². The molecule has 4 nitrogen and oxygen atoms in total. The SMILES string of the molecule is CNC(=O)C1CN(C(=O)c2cccc(C)c2)CC12CCCC2. The lowest BCUT2D eigenvalue weighted by atomic mass is 9.76. The van der Waals surface area contributed by atoms with Crippen molar-refractivity contribution in [3.63, 3.8) is 0 Å². The Balaban J connectivity index is 1.84. The highest BCUT2D eigenvalue weighted by molar-refractivity contribution is 5.95.